The maximum atomic E-state index is 14.2. The van der Waals surface area contributed by atoms with Crippen molar-refractivity contribution < 1.29 is 13.5 Å². The lowest BCUT2D eigenvalue weighted by Gasteiger charge is -2.27. The summed E-state index contributed by atoms with van der Waals surface area (Å²) >= 11 is 5.33. The van der Waals surface area contributed by atoms with E-state index >= 15 is 0 Å². The molecule has 2 saturated heterocycles. The monoisotopic (exact) mass is 597 g/mol. The molecule has 0 unspecified atom stereocenters. The highest BCUT2D eigenvalue weighted by molar-refractivity contribution is 7.80. The van der Waals surface area contributed by atoms with Gasteiger partial charge in [-0.25, -0.2) is 13.8 Å². The summed E-state index contributed by atoms with van der Waals surface area (Å²) < 4.78 is 33.3. The molecule has 5 rings (SSSR count). The predicted octanol–water partition coefficient (Wildman–Crippen LogP) is 4.24. The second-order valence-corrected chi connectivity index (χ2v) is 10.9. The number of rotatable bonds is 12. The fourth-order valence-corrected chi connectivity index (χ4v) is 5.30. The van der Waals surface area contributed by atoms with Crippen molar-refractivity contribution in [2.75, 3.05) is 79.4 Å². The summed E-state index contributed by atoms with van der Waals surface area (Å²) in [6.45, 7) is 6.54. The number of thiocarbonyl (C=S) groups is 1. The van der Waals surface area contributed by atoms with Crippen LogP contribution in [-0.2, 0) is 0 Å². The van der Waals surface area contributed by atoms with Crippen LogP contribution < -0.4 is 30.5 Å². The van der Waals surface area contributed by atoms with E-state index in [-0.39, 0.29) is 16.7 Å². The van der Waals surface area contributed by atoms with Crippen LogP contribution in [0.3, 0.4) is 0 Å². The van der Waals surface area contributed by atoms with Crippen molar-refractivity contribution in [3.8, 4) is 11.6 Å². The average molecular weight is 598 g/mol. The Labute approximate surface area is 250 Å². The quantitative estimate of drug-likeness (QED) is 0.294. The van der Waals surface area contributed by atoms with Crippen LogP contribution >= 0.6 is 12.2 Å². The summed E-state index contributed by atoms with van der Waals surface area (Å²) in [4.78, 5) is 22.4. The van der Waals surface area contributed by atoms with E-state index in [9.17, 15) is 8.78 Å². The molecule has 3 N–H and O–H groups in total. The van der Waals surface area contributed by atoms with E-state index < -0.39 is 11.6 Å². The Balaban J connectivity index is 1.19. The largest absolute Gasteiger partial charge is 0.434 e. The van der Waals surface area contributed by atoms with Gasteiger partial charge in [0, 0.05) is 70.7 Å². The van der Waals surface area contributed by atoms with E-state index in [1.807, 2.05) is 13.1 Å². The zero-order chi connectivity index (χ0) is 29.5. The van der Waals surface area contributed by atoms with Gasteiger partial charge in [0.15, 0.2) is 16.7 Å². The summed E-state index contributed by atoms with van der Waals surface area (Å²) in [6, 6.07) is 8.61. The molecule has 224 valence electrons. The van der Waals surface area contributed by atoms with E-state index in [0.717, 1.165) is 62.4 Å². The highest BCUT2D eigenvalue weighted by Crippen LogP contribution is 2.31. The van der Waals surface area contributed by atoms with Crippen molar-refractivity contribution in [1.82, 2.24) is 19.9 Å². The van der Waals surface area contributed by atoms with Crippen LogP contribution in [0, 0.1) is 11.6 Å². The third-order valence-corrected chi connectivity index (χ3v) is 7.65. The van der Waals surface area contributed by atoms with Gasteiger partial charge in [0.05, 0.1) is 0 Å². The molecule has 2 aliphatic rings. The number of ether oxygens (including phenoxy) is 1. The number of benzene rings is 1. The van der Waals surface area contributed by atoms with Crippen LogP contribution in [0.15, 0.2) is 42.6 Å². The Morgan fingerprint density at radius 3 is 2.45 bits per heavy atom. The van der Waals surface area contributed by atoms with Crippen LogP contribution in [-0.4, -0.2) is 84.4 Å². The van der Waals surface area contributed by atoms with Gasteiger partial charge < -0.3 is 35.4 Å². The second kappa shape index (κ2) is 13.9. The minimum absolute atomic E-state index is 0.117. The Morgan fingerprint density at radius 2 is 1.74 bits per heavy atom. The number of halogens is 2. The first-order valence-electron chi connectivity index (χ1n) is 14.3. The van der Waals surface area contributed by atoms with Crippen LogP contribution in [0.25, 0.3) is 0 Å². The van der Waals surface area contributed by atoms with Crippen molar-refractivity contribution in [3.05, 3.63) is 54.2 Å². The molecule has 42 heavy (non-hydrogen) atoms. The number of hydrogen-bond donors (Lipinski definition) is 2. The molecule has 4 heterocycles. The highest BCUT2D eigenvalue weighted by Gasteiger charge is 2.21. The van der Waals surface area contributed by atoms with Crippen LogP contribution in [0.4, 0.5) is 32.1 Å². The number of pyridine rings is 1. The minimum atomic E-state index is -0.829. The van der Waals surface area contributed by atoms with Crippen molar-refractivity contribution in [2.24, 2.45) is 5.73 Å². The number of nitrogens with one attached hydrogen (secondary N) is 1. The van der Waals surface area contributed by atoms with Gasteiger partial charge in [-0.2, -0.15) is 9.97 Å². The summed E-state index contributed by atoms with van der Waals surface area (Å²) in [7, 11) is 2.01. The van der Waals surface area contributed by atoms with Gasteiger partial charge in [-0.3, -0.25) is 0 Å². The summed E-state index contributed by atoms with van der Waals surface area (Å²) in [5, 5.41) is 3.62. The summed E-state index contributed by atoms with van der Waals surface area (Å²) in [5.41, 5.74) is 6.56. The molecule has 0 amide bonds. The SMILES string of the molecule is CN(CCNc1cc(N2CCCC2)nc(N2CCCC2)n1)CCN(C(N)=S)c1cccnc1Oc1ccc(F)cc1F. The summed E-state index contributed by atoms with van der Waals surface area (Å²) in [6.07, 6.45) is 6.24. The van der Waals surface area contributed by atoms with Gasteiger partial charge in [-0.15, -0.1) is 0 Å². The molecule has 0 spiro atoms. The molecule has 0 bridgehead atoms. The van der Waals surface area contributed by atoms with E-state index in [1.54, 1.807) is 17.0 Å². The second-order valence-electron chi connectivity index (χ2n) is 10.5. The maximum Gasteiger partial charge on any atom is 0.243 e. The minimum Gasteiger partial charge on any atom is -0.434 e. The first kappa shape index (κ1) is 29.6. The first-order chi connectivity index (χ1) is 20.4. The molecule has 13 heteroatoms. The fourth-order valence-electron chi connectivity index (χ4n) is 5.11. The van der Waals surface area contributed by atoms with Gasteiger partial charge in [0.25, 0.3) is 0 Å². The molecule has 0 aliphatic carbocycles. The molecular weight excluding hydrogens is 560 g/mol. The van der Waals surface area contributed by atoms with Gasteiger partial charge in [0.2, 0.25) is 11.8 Å². The predicted molar refractivity (Wildman–Crippen MR) is 166 cm³/mol. The molecule has 3 aromatic rings. The van der Waals surface area contributed by atoms with Crippen molar-refractivity contribution in [1.29, 1.82) is 0 Å². The lowest BCUT2D eigenvalue weighted by Crippen LogP contribution is -2.41. The number of nitrogens with zero attached hydrogens (tertiary/aromatic N) is 7. The zero-order valence-electron chi connectivity index (χ0n) is 23.8. The Bertz CT molecular complexity index is 1330. The van der Waals surface area contributed by atoms with E-state index in [2.05, 4.69) is 25.0 Å². The van der Waals surface area contributed by atoms with Gasteiger partial charge >= 0.3 is 0 Å². The van der Waals surface area contributed by atoms with Gasteiger partial charge in [-0.05, 0) is 69.2 Å². The van der Waals surface area contributed by atoms with Gasteiger partial charge in [-0.1, -0.05) is 0 Å². The van der Waals surface area contributed by atoms with Crippen LogP contribution in [0.2, 0.25) is 0 Å². The number of aromatic nitrogens is 3. The lowest BCUT2D eigenvalue weighted by molar-refractivity contribution is 0.356. The molecule has 0 atom stereocenters. The van der Waals surface area contributed by atoms with Crippen molar-refractivity contribution >= 4 is 40.6 Å². The molecule has 2 fully saturated rings. The van der Waals surface area contributed by atoms with Crippen molar-refractivity contribution in [2.45, 2.75) is 25.7 Å². The average Bonchev–Trinajstić information content (AvgIpc) is 3.71. The van der Waals surface area contributed by atoms with E-state index in [0.29, 0.717) is 25.3 Å². The number of anilines is 4. The molecular formula is C29H37F2N9OS. The highest BCUT2D eigenvalue weighted by atomic mass is 32.1. The summed E-state index contributed by atoms with van der Waals surface area (Å²) in [5.74, 6) is 1.07. The standard InChI is InChI=1S/C29H37F2N9OS/c1-37(16-11-33-25-20-26(38-12-2-3-13-38)36-29(35-25)39-14-4-5-15-39)17-18-40(28(32)42)23-7-6-10-34-27(23)41-24-9-8-21(30)19-22(24)31/h6-10,19-20H,2-5,11-18H2,1H3,(H2,32,42)(H,33,35,36). The normalized spacial score (nSPS) is 15.0. The number of hydrogen-bond acceptors (Lipinski definition) is 9. The third kappa shape index (κ3) is 7.51. The molecule has 2 aliphatic heterocycles. The number of nitrogens with two attached hydrogens (primary N) is 1. The van der Waals surface area contributed by atoms with Crippen LogP contribution in [0.1, 0.15) is 25.7 Å². The smallest absolute Gasteiger partial charge is 0.243 e. The van der Waals surface area contributed by atoms with E-state index in [1.165, 1.54) is 37.9 Å². The Hall–Kier alpha value is -3.84. The zero-order valence-corrected chi connectivity index (χ0v) is 24.6. The van der Waals surface area contributed by atoms with E-state index in [4.69, 9.17) is 32.7 Å². The maximum absolute atomic E-state index is 14.2. The third-order valence-electron chi connectivity index (χ3n) is 7.43. The molecule has 0 radical (unpaired) electrons. The van der Waals surface area contributed by atoms with Gasteiger partial charge in [0.1, 0.15) is 23.1 Å². The van der Waals surface area contributed by atoms with Crippen molar-refractivity contribution in [3.63, 3.8) is 0 Å². The first-order valence-corrected chi connectivity index (χ1v) is 14.7. The Morgan fingerprint density at radius 1 is 1.00 bits per heavy atom. The molecule has 0 saturated carbocycles. The Kier molecular flexibility index (Phi) is 9.80. The topological polar surface area (TPSA) is 98.9 Å². The van der Waals surface area contributed by atoms with Crippen LogP contribution in [0.5, 0.6) is 11.6 Å². The molecule has 10 nitrogen and oxygen atoms in total. The lowest BCUT2D eigenvalue weighted by atomic mass is 10.3. The molecule has 2 aromatic heterocycles. The number of likely N-dealkylation sites (N-methyl/N-ethyl adjacent to an activating group) is 1. The fraction of sp³-hybridized carbons (Fsp3) is 0.448. The molecule has 1 aromatic carbocycles.